The number of Topliss-reactive ketones (excluding diaryl/α,β-unsaturated/α-hetero) is 1. The standard InChI is InChI=1S/C30H33N5O7/c1-21-3-8-27(40-21)33-15-17-34(28-9-6-25(20-36)41-28)13-11-32(24-5-4-23(19-24)22(2)37)12-14-35(18-16-33)29-10-7-26(42-29)30(38)31-39/h3-10,20H,11-19H2,1-2H3. The molecular weight excluding hydrogens is 542 g/mol. The highest BCUT2D eigenvalue weighted by molar-refractivity contribution is 5.94. The van der Waals surface area contributed by atoms with Crippen LogP contribution in [0.5, 0.6) is 0 Å². The van der Waals surface area contributed by atoms with Crippen LogP contribution in [-0.4, -0.2) is 75.2 Å². The zero-order chi connectivity index (χ0) is 29.6. The van der Waals surface area contributed by atoms with Crippen molar-refractivity contribution in [2.75, 3.05) is 67.1 Å². The molecule has 4 heterocycles. The lowest BCUT2D eigenvalue weighted by atomic mass is 10.1. The summed E-state index contributed by atoms with van der Waals surface area (Å²) in [5.74, 6) is 1.80. The normalized spacial score (nSPS) is 16.9. The second-order valence-corrected chi connectivity index (χ2v) is 10.2. The molecule has 12 nitrogen and oxygen atoms in total. The minimum Gasteiger partial charge on any atom is -0.446 e. The molecule has 1 fully saturated rings. The van der Waals surface area contributed by atoms with Crippen LogP contribution in [0.1, 0.15) is 40.2 Å². The number of hydrogen-bond acceptors (Lipinski definition) is 11. The molecule has 0 aromatic carbocycles. The fourth-order valence-electron chi connectivity index (χ4n) is 5.15. The highest BCUT2D eigenvalue weighted by atomic mass is 16.4. The molecule has 0 spiro atoms. The number of hydrogen-bond donors (Lipinski definition) is 0. The van der Waals surface area contributed by atoms with Crippen molar-refractivity contribution in [3.63, 3.8) is 0 Å². The van der Waals surface area contributed by atoms with Gasteiger partial charge < -0.3 is 32.9 Å². The highest BCUT2D eigenvalue weighted by Gasteiger charge is 2.24. The lowest BCUT2D eigenvalue weighted by Crippen LogP contribution is -2.46. The van der Waals surface area contributed by atoms with Crippen molar-refractivity contribution < 1.29 is 27.6 Å². The molecule has 0 unspecified atom stereocenters. The van der Waals surface area contributed by atoms with Gasteiger partial charge in [-0.1, -0.05) is 6.08 Å². The number of amides is 1. The molecule has 42 heavy (non-hydrogen) atoms. The zero-order valence-electron chi connectivity index (χ0n) is 23.7. The molecule has 5 rings (SSSR count). The summed E-state index contributed by atoms with van der Waals surface area (Å²) in [6.07, 6.45) is 5.08. The molecule has 1 saturated heterocycles. The Balaban J connectivity index is 1.44. The SMILES string of the molecule is CC(=O)C1=CC=C(N2CCN(c3ccc(C=O)o3)CCN(c3ccc(C)o3)CCN(c3ccc(C(=O)N=O)o3)CC2)C1. The first-order chi connectivity index (χ1) is 20.3. The summed E-state index contributed by atoms with van der Waals surface area (Å²) in [5.41, 5.74) is 1.78. The lowest BCUT2D eigenvalue weighted by Gasteiger charge is -2.35. The number of nitroso groups, excluding NO2 is 1. The van der Waals surface area contributed by atoms with Gasteiger partial charge in [0, 0.05) is 93.4 Å². The number of furan rings is 3. The van der Waals surface area contributed by atoms with Crippen LogP contribution in [0.4, 0.5) is 17.7 Å². The number of rotatable bonds is 7. The van der Waals surface area contributed by atoms with Crippen LogP contribution in [-0.2, 0) is 4.79 Å². The first kappa shape index (κ1) is 28.7. The van der Waals surface area contributed by atoms with E-state index in [9.17, 15) is 19.3 Å². The largest absolute Gasteiger partial charge is 0.446 e. The van der Waals surface area contributed by atoms with Crippen LogP contribution >= 0.6 is 0 Å². The van der Waals surface area contributed by atoms with Gasteiger partial charge >= 0.3 is 5.91 Å². The second kappa shape index (κ2) is 12.8. The Hall–Kier alpha value is -4.87. The molecule has 1 aliphatic heterocycles. The number of aryl methyl sites for hydroxylation is 1. The second-order valence-electron chi connectivity index (χ2n) is 10.2. The minimum absolute atomic E-state index is 0.0423. The molecule has 12 heteroatoms. The summed E-state index contributed by atoms with van der Waals surface area (Å²) >= 11 is 0. The van der Waals surface area contributed by atoms with E-state index in [1.807, 2.05) is 36.1 Å². The van der Waals surface area contributed by atoms with Crippen molar-refractivity contribution in [1.82, 2.24) is 4.90 Å². The molecule has 0 radical (unpaired) electrons. The van der Waals surface area contributed by atoms with Gasteiger partial charge in [0.1, 0.15) is 5.76 Å². The van der Waals surface area contributed by atoms with Crippen molar-refractivity contribution in [3.05, 3.63) is 82.0 Å². The van der Waals surface area contributed by atoms with Crippen molar-refractivity contribution in [3.8, 4) is 0 Å². The molecule has 0 bridgehead atoms. The molecular formula is C30H33N5O7. The Labute approximate surface area is 242 Å². The third-order valence-corrected chi connectivity index (χ3v) is 7.54. The Morgan fingerprint density at radius 3 is 1.79 bits per heavy atom. The summed E-state index contributed by atoms with van der Waals surface area (Å²) in [6.45, 7) is 8.05. The van der Waals surface area contributed by atoms with Crippen molar-refractivity contribution >= 4 is 35.6 Å². The number of aldehydes is 1. The maximum Gasteiger partial charge on any atom is 0.351 e. The summed E-state index contributed by atoms with van der Waals surface area (Å²) in [6, 6.07) is 10.4. The Kier molecular flexibility index (Phi) is 8.70. The Bertz CT molecular complexity index is 1510. The van der Waals surface area contributed by atoms with Gasteiger partial charge in [0.05, 0.1) is 0 Å². The van der Waals surface area contributed by atoms with Crippen LogP contribution in [0.15, 0.2) is 78.2 Å². The van der Waals surface area contributed by atoms with Gasteiger partial charge in [-0.2, -0.15) is 0 Å². The number of carbonyl (C=O) groups is 3. The van der Waals surface area contributed by atoms with E-state index in [2.05, 4.69) is 19.9 Å². The molecule has 1 amide bonds. The van der Waals surface area contributed by atoms with Crippen LogP contribution in [0.3, 0.4) is 0 Å². The minimum atomic E-state index is -0.959. The summed E-state index contributed by atoms with van der Waals surface area (Å²) in [4.78, 5) is 54.5. The van der Waals surface area contributed by atoms with E-state index in [1.165, 1.54) is 6.07 Å². The fourth-order valence-corrected chi connectivity index (χ4v) is 5.15. The van der Waals surface area contributed by atoms with Crippen molar-refractivity contribution in [1.29, 1.82) is 0 Å². The van der Waals surface area contributed by atoms with E-state index >= 15 is 0 Å². The molecule has 3 aromatic heterocycles. The molecule has 0 N–H and O–H groups in total. The van der Waals surface area contributed by atoms with Crippen molar-refractivity contribution in [2.24, 2.45) is 5.18 Å². The number of ketones is 1. The first-order valence-electron chi connectivity index (χ1n) is 13.8. The number of anilines is 3. The van der Waals surface area contributed by atoms with Crippen LogP contribution in [0.2, 0.25) is 0 Å². The molecule has 0 saturated carbocycles. The molecule has 3 aromatic rings. The first-order valence-corrected chi connectivity index (χ1v) is 13.8. The number of carbonyl (C=O) groups excluding carboxylic acids is 3. The average Bonchev–Trinajstić information content (AvgIpc) is 3.80. The number of nitrogens with zero attached hydrogens (tertiary/aromatic N) is 5. The van der Waals surface area contributed by atoms with E-state index in [-0.39, 0.29) is 17.3 Å². The molecule has 220 valence electrons. The van der Waals surface area contributed by atoms with Gasteiger partial charge in [-0.3, -0.25) is 14.4 Å². The maximum absolute atomic E-state index is 12.1. The predicted molar refractivity (Wildman–Crippen MR) is 156 cm³/mol. The molecule has 1 aliphatic carbocycles. The van der Waals surface area contributed by atoms with Crippen LogP contribution in [0.25, 0.3) is 0 Å². The van der Waals surface area contributed by atoms with Gasteiger partial charge in [0.15, 0.2) is 41.2 Å². The van der Waals surface area contributed by atoms with E-state index in [1.54, 1.807) is 25.1 Å². The molecule has 0 atom stereocenters. The van der Waals surface area contributed by atoms with Gasteiger partial charge in [0.25, 0.3) is 0 Å². The average molecular weight is 576 g/mol. The van der Waals surface area contributed by atoms with Gasteiger partial charge in [-0.15, -0.1) is 4.91 Å². The summed E-state index contributed by atoms with van der Waals surface area (Å²) in [7, 11) is 0. The summed E-state index contributed by atoms with van der Waals surface area (Å²) < 4.78 is 17.5. The van der Waals surface area contributed by atoms with Gasteiger partial charge in [0.2, 0.25) is 0 Å². The molecule has 2 aliphatic rings. The van der Waals surface area contributed by atoms with Crippen molar-refractivity contribution in [2.45, 2.75) is 20.3 Å². The Morgan fingerprint density at radius 1 is 0.738 bits per heavy atom. The highest BCUT2D eigenvalue weighted by Crippen LogP contribution is 2.27. The lowest BCUT2D eigenvalue weighted by molar-refractivity contribution is -0.113. The van der Waals surface area contributed by atoms with Gasteiger partial charge in [-0.05, 0) is 38.1 Å². The number of allylic oxidation sites excluding steroid dienone is 3. The third kappa shape index (κ3) is 6.54. The summed E-state index contributed by atoms with van der Waals surface area (Å²) in [5, 5.41) is 2.48. The fraction of sp³-hybridized carbons (Fsp3) is 0.367. The third-order valence-electron chi connectivity index (χ3n) is 7.54. The van der Waals surface area contributed by atoms with Crippen LogP contribution in [0, 0.1) is 11.8 Å². The van der Waals surface area contributed by atoms with E-state index < -0.39 is 5.91 Å². The van der Waals surface area contributed by atoms with Crippen LogP contribution < -0.4 is 14.7 Å². The smallest absolute Gasteiger partial charge is 0.351 e. The quantitative estimate of drug-likeness (QED) is 0.293. The van der Waals surface area contributed by atoms with E-state index in [4.69, 9.17) is 13.3 Å². The maximum atomic E-state index is 12.1. The van der Waals surface area contributed by atoms with E-state index in [0.717, 1.165) is 22.9 Å². The topological polar surface area (TPSA) is 133 Å². The monoisotopic (exact) mass is 575 g/mol. The van der Waals surface area contributed by atoms with E-state index in [0.29, 0.717) is 76.8 Å². The zero-order valence-corrected chi connectivity index (χ0v) is 23.7. The Morgan fingerprint density at radius 2 is 1.29 bits per heavy atom. The van der Waals surface area contributed by atoms with Gasteiger partial charge in [-0.25, -0.2) is 0 Å². The predicted octanol–water partition coefficient (Wildman–Crippen LogP) is 4.43.